The largest absolute Gasteiger partial charge is 0.391 e. The van der Waals surface area contributed by atoms with E-state index in [9.17, 15) is 19.5 Å². The third-order valence-corrected chi connectivity index (χ3v) is 6.16. The molecule has 9 nitrogen and oxygen atoms in total. The molecule has 0 saturated carbocycles. The number of aliphatic hydroxyl groups excluding tert-OH is 1. The van der Waals surface area contributed by atoms with Crippen LogP contribution in [-0.2, 0) is 14.4 Å². The lowest BCUT2D eigenvalue weighted by molar-refractivity contribution is -0.136. The number of carbonyl (C=O) groups is 3. The van der Waals surface area contributed by atoms with Crippen LogP contribution in [0.25, 0.3) is 0 Å². The van der Waals surface area contributed by atoms with Gasteiger partial charge in [0.15, 0.2) is 5.78 Å². The van der Waals surface area contributed by atoms with Crippen LogP contribution < -0.4 is 21.3 Å². The molecule has 0 spiro atoms. The van der Waals surface area contributed by atoms with Gasteiger partial charge in [-0.2, -0.15) is 0 Å². The average Bonchev–Trinajstić information content (AvgIpc) is 2.78. The number of nitrogens with zero attached hydrogens (tertiary/aromatic N) is 1. The summed E-state index contributed by atoms with van der Waals surface area (Å²) in [5, 5.41) is 21.8. The fourth-order valence-corrected chi connectivity index (χ4v) is 4.11. The Labute approximate surface area is 199 Å². The van der Waals surface area contributed by atoms with Gasteiger partial charge in [0, 0.05) is 32.1 Å². The van der Waals surface area contributed by atoms with Crippen LogP contribution in [0.1, 0.15) is 66.2 Å². The number of ketones is 1. The zero-order valence-electron chi connectivity index (χ0n) is 21.3. The Morgan fingerprint density at radius 1 is 1.06 bits per heavy atom. The molecule has 1 unspecified atom stereocenters. The van der Waals surface area contributed by atoms with Crippen molar-refractivity contribution < 1.29 is 19.5 Å². The Bertz CT molecular complexity index is 599. The van der Waals surface area contributed by atoms with Gasteiger partial charge in [0.25, 0.3) is 0 Å². The highest BCUT2D eigenvalue weighted by molar-refractivity contribution is 5.94. The molecular formula is C24H47N5O4. The smallest absolute Gasteiger partial charge is 0.245 e. The Hall–Kier alpha value is -1.55. The third-order valence-electron chi connectivity index (χ3n) is 6.16. The van der Waals surface area contributed by atoms with Crippen molar-refractivity contribution in [2.75, 3.05) is 39.8 Å². The maximum Gasteiger partial charge on any atom is 0.245 e. The number of Topliss-reactive ketones (excluding diaryl/α,β-unsaturated/α-hetero) is 1. The molecule has 0 bridgehead atoms. The van der Waals surface area contributed by atoms with E-state index in [-0.39, 0.29) is 24.2 Å². The first-order valence-electron chi connectivity index (χ1n) is 12.6. The highest BCUT2D eigenvalue weighted by Gasteiger charge is 2.34. The highest BCUT2D eigenvalue weighted by Crippen LogP contribution is 2.10. The monoisotopic (exact) mass is 469 g/mol. The van der Waals surface area contributed by atoms with E-state index in [0.29, 0.717) is 6.54 Å². The molecule has 0 aromatic rings. The molecule has 5 N–H and O–H groups in total. The second-order valence-electron chi connectivity index (χ2n) is 9.43. The van der Waals surface area contributed by atoms with Crippen LogP contribution >= 0.6 is 0 Å². The molecule has 1 heterocycles. The van der Waals surface area contributed by atoms with Gasteiger partial charge in [0.1, 0.15) is 18.1 Å². The third kappa shape index (κ3) is 10.5. The molecule has 0 radical (unpaired) electrons. The molecule has 1 aliphatic heterocycles. The van der Waals surface area contributed by atoms with E-state index in [1.54, 1.807) is 20.9 Å². The summed E-state index contributed by atoms with van der Waals surface area (Å²) in [5.41, 5.74) is 0. The average molecular weight is 470 g/mol. The van der Waals surface area contributed by atoms with Crippen molar-refractivity contribution in [2.24, 2.45) is 5.92 Å². The molecule has 33 heavy (non-hydrogen) atoms. The van der Waals surface area contributed by atoms with Gasteiger partial charge in [0.2, 0.25) is 11.8 Å². The minimum Gasteiger partial charge on any atom is -0.391 e. The molecular weight excluding hydrogens is 422 g/mol. The number of rotatable bonds is 16. The van der Waals surface area contributed by atoms with E-state index in [0.717, 1.165) is 32.5 Å². The van der Waals surface area contributed by atoms with E-state index in [2.05, 4.69) is 33.1 Å². The molecule has 4 atom stereocenters. The number of carbonyl (C=O) groups excluding carboxylic acids is 3. The van der Waals surface area contributed by atoms with Gasteiger partial charge in [-0.1, -0.05) is 52.9 Å². The lowest BCUT2D eigenvalue weighted by Gasteiger charge is -2.36. The summed E-state index contributed by atoms with van der Waals surface area (Å²) >= 11 is 0. The zero-order chi connectivity index (χ0) is 24.8. The van der Waals surface area contributed by atoms with Gasteiger partial charge in [-0.25, -0.2) is 0 Å². The summed E-state index contributed by atoms with van der Waals surface area (Å²) in [5.74, 6) is -1.18. The van der Waals surface area contributed by atoms with Crippen molar-refractivity contribution in [2.45, 2.75) is 90.4 Å². The molecule has 0 aromatic heterocycles. The number of likely N-dealkylation sites (N-methyl/N-ethyl adjacent to an activating group) is 1. The quantitative estimate of drug-likeness (QED) is 0.208. The Morgan fingerprint density at radius 2 is 1.73 bits per heavy atom. The Balaban J connectivity index is 2.72. The minimum absolute atomic E-state index is 0.102. The van der Waals surface area contributed by atoms with Gasteiger partial charge in [-0.05, 0) is 26.9 Å². The molecule has 9 heteroatoms. The maximum absolute atomic E-state index is 13.1. The lowest BCUT2D eigenvalue weighted by Crippen LogP contribution is -2.63. The molecule has 1 rings (SSSR count). The number of hydrogen-bond donors (Lipinski definition) is 5. The van der Waals surface area contributed by atoms with Gasteiger partial charge in [0.05, 0.1) is 6.10 Å². The first kappa shape index (κ1) is 29.5. The van der Waals surface area contributed by atoms with E-state index in [1.807, 2.05) is 0 Å². The number of nitrogens with one attached hydrogen (secondary N) is 4. The predicted octanol–water partition coefficient (Wildman–Crippen LogP) is 0.416. The standard InChI is InChI=1S/C24H47N5O4/c1-6-7-8-9-10-11-13-29-14-12-26-16-20(29)23(32)28-21(18(4)30)24(33)27-19(15-25-5)22(31)17(2)3/h17-21,25-26,30H,6-16H2,1-5H3,(H,27,33)(H,28,32)/t18?,19-,20-,21-/m0/s1. The van der Waals surface area contributed by atoms with Crippen molar-refractivity contribution in [3.05, 3.63) is 0 Å². The van der Waals surface area contributed by atoms with Crippen LogP contribution in [0.15, 0.2) is 0 Å². The molecule has 2 amide bonds. The van der Waals surface area contributed by atoms with Crippen LogP contribution in [0, 0.1) is 5.92 Å². The predicted molar refractivity (Wildman–Crippen MR) is 131 cm³/mol. The van der Waals surface area contributed by atoms with Crippen molar-refractivity contribution in [1.82, 2.24) is 26.2 Å². The number of amides is 2. The normalized spacial score (nSPS) is 19.7. The molecule has 0 aromatic carbocycles. The lowest BCUT2D eigenvalue weighted by atomic mass is 10.0. The summed E-state index contributed by atoms with van der Waals surface area (Å²) in [6.45, 7) is 10.4. The van der Waals surface area contributed by atoms with Gasteiger partial charge < -0.3 is 26.4 Å². The van der Waals surface area contributed by atoms with Crippen LogP contribution in [0.4, 0.5) is 0 Å². The SMILES string of the molecule is CCCCCCCCN1CCNC[C@H]1C(=O)N[C@H](C(=O)N[C@@H](CNC)C(=O)C(C)C)C(C)O. The molecule has 1 saturated heterocycles. The number of unbranched alkanes of at least 4 members (excludes halogenated alkanes) is 5. The second-order valence-corrected chi connectivity index (χ2v) is 9.43. The van der Waals surface area contributed by atoms with Crippen molar-refractivity contribution >= 4 is 17.6 Å². The molecule has 1 aliphatic rings. The van der Waals surface area contributed by atoms with E-state index < -0.39 is 30.1 Å². The summed E-state index contributed by atoms with van der Waals surface area (Å²) in [6, 6.07) is -2.25. The van der Waals surface area contributed by atoms with Crippen molar-refractivity contribution in [3.63, 3.8) is 0 Å². The van der Waals surface area contributed by atoms with Crippen LogP contribution in [0.2, 0.25) is 0 Å². The van der Waals surface area contributed by atoms with E-state index >= 15 is 0 Å². The zero-order valence-corrected chi connectivity index (χ0v) is 21.3. The fraction of sp³-hybridized carbons (Fsp3) is 0.875. The first-order valence-corrected chi connectivity index (χ1v) is 12.6. The van der Waals surface area contributed by atoms with Gasteiger partial charge >= 0.3 is 0 Å². The van der Waals surface area contributed by atoms with Crippen LogP contribution in [-0.4, -0.2) is 91.6 Å². The van der Waals surface area contributed by atoms with Gasteiger partial charge in [-0.15, -0.1) is 0 Å². The number of piperazine rings is 1. The van der Waals surface area contributed by atoms with Crippen molar-refractivity contribution in [1.29, 1.82) is 0 Å². The van der Waals surface area contributed by atoms with Crippen LogP contribution in [0.3, 0.4) is 0 Å². The van der Waals surface area contributed by atoms with E-state index in [4.69, 9.17) is 0 Å². The van der Waals surface area contributed by atoms with E-state index in [1.165, 1.54) is 32.6 Å². The fourth-order valence-electron chi connectivity index (χ4n) is 4.11. The molecule has 0 aliphatic carbocycles. The van der Waals surface area contributed by atoms with Crippen molar-refractivity contribution in [3.8, 4) is 0 Å². The molecule has 192 valence electrons. The topological polar surface area (TPSA) is 123 Å². The highest BCUT2D eigenvalue weighted by atomic mass is 16.3. The minimum atomic E-state index is -1.13. The summed E-state index contributed by atoms with van der Waals surface area (Å²) in [4.78, 5) is 40.6. The molecule has 1 fully saturated rings. The number of hydrogen-bond acceptors (Lipinski definition) is 7. The maximum atomic E-state index is 13.1. The summed E-state index contributed by atoms with van der Waals surface area (Å²) < 4.78 is 0. The second kappa shape index (κ2) is 16.1. The van der Waals surface area contributed by atoms with Crippen LogP contribution in [0.5, 0.6) is 0 Å². The summed E-state index contributed by atoms with van der Waals surface area (Å²) in [6.07, 6.45) is 6.04. The number of aliphatic hydroxyl groups is 1. The summed E-state index contributed by atoms with van der Waals surface area (Å²) in [7, 11) is 1.70. The first-order chi connectivity index (χ1) is 15.7. The van der Waals surface area contributed by atoms with Gasteiger partial charge in [-0.3, -0.25) is 19.3 Å². The Kier molecular flexibility index (Phi) is 14.4. The Morgan fingerprint density at radius 3 is 2.33 bits per heavy atom.